The number of aryl methyl sites for hydroxylation is 2. The van der Waals surface area contributed by atoms with E-state index < -0.39 is 5.63 Å². The number of nitrogens with zero attached hydrogens (tertiary/aromatic N) is 3. The summed E-state index contributed by atoms with van der Waals surface area (Å²) in [6.07, 6.45) is 3.53. The molecule has 6 nitrogen and oxygen atoms in total. The van der Waals surface area contributed by atoms with E-state index in [-0.39, 0.29) is 0 Å². The number of hydrogen-bond acceptors (Lipinski definition) is 5. The number of aromatic nitrogens is 2. The molecule has 0 bridgehead atoms. The predicted octanol–water partition coefficient (Wildman–Crippen LogP) is 5.71. The van der Waals surface area contributed by atoms with Gasteiger partial charge in [0.15, 0.2) is 0 Å². The molecule has 0 radical (unpaired) electrons. The highest BCUT2D eigenvalue weighted by molar-refractivity contribution is 5.91. The summed E-state index contributed by atoms with van der Waals surface area (Å²) >= 11 is 0. The van der Waals surface area contributed by atoms with Crippen molar-refractivity contribution < 1.29 is 4.42 Å². The van der Waals surface area contributed by atoms with Gasteiger partial charge in [-0.25, -0.2) is 9.48 Å². The molecule has 0 aliphatic heterocycles. The van der Waals surface area contributed by atoms with Crippen LogP contribution in [0.15, 0.2) is 99.4 Å². The standard InChI is InChI=1S/C27H22N4O2/c1-18-12-13-24(19(2)14-18)29-28-16-21-17-31(22-9-4-3-5-10-22)30-26(21)23-15-20-8-6-7-11-25(20)33-27(23)32/h3-17,29H,1-2H3/b28-16+. The van der Waals surface area contributed by atoms with Gasteiger partial charge in [0.25, 0.3) is 0 Å². The second kappa shape index (κ2) is 8.59. The molecule has 0 saturated carbocycles. The van der Waals surface area contributed by atoms with Gasteiger partial charge in [-0.3, -0.25) is 5.43 Å². The van der Waals surface area contributed by atoms with Gasteiger partial charge in [0, 0.05) is 17.1 Å². The maximum Gasteiger partial charge on any atom is 0.345 e. The van der Waals surface area contributed by atoms with Crippen LogP contribution in [0.1, 0.15) is 16.7 Å². The minimum absolute atomic E-state index is 0.386. The Bertz CT molecular complexity index is 1530. The average Bonchev–Trinajstić information content (AvgIpc) is 3.24. The van der Waals surface area contributed by atoms with E-state index in [9.17, 15) is 4.79 Å². The third-order valence-corrected chi connectivity index (χ3v) is 5.43. The lowest BCUT2D eigenvalue weighted by Crippen LogP contribution is -2.05. The van der Waals surface area contributed by atoms with E-state index in [0.29, 0.717) is 22.4 Å². The average molecular weight is 434 g/mol. The highest BCUT2D eigenvalue weighted by atomic mass is 16.4. The Morgan fingerprint density at radius 3 is 2.58 bits per heavy atom. The highest BCUT2D eigenvalue weighted by Crippen LogP contribution is 2.24. The molecule has 0 unspecified atom stereocenters. The summed E-state index contributed by atoms with van der Waals surface area (Å²) < 4.78 is 7.29. The molecular formula is C27H22N4O2. The molecule has 0 spiro atoms. The quantitative estimate of drug-likeness (QED) is 0.219. The monoisotopic (exact) mass is 434 g/mol. The Balaban J connectivity index is 1.59. The molecule has 5 aromatic rings. The van der Waals surface area contributed by atoms with Crippen LogP contribution < -0.4 is 11.1 Å². The van der Waals surface area contributed by atoms with Crippen molar-refractivity contribution in [1.29, 1.82) is 0 Å². The van der Waals surface area contributed by atoms with Gasteiger partial charge >= 0.3 is 5.63 Å². The van der Waals surface area contributed by atoms with E-state index in [4.69, 9.17) is 9.52 Å². The molecular weight excluding hydrogens is 412 g/mol. The van der Waals surface area contributed by atoms with Crippen LogP contribution in [0.25, 0.3) is 27.9 Å². The molecule has 2 heterocycles. The van der Waals surface area contributed by atoms with Crippen LogP contribution in [0.4, 0.5) is 5.69 Å². The largest absolute Gasteiger partial charge is 0.422 e. The number of hydrazone groups is 1. The lowest BCUT2D eigenvalue weighted by Gasteiger charge is -2.05. The molecule has 162 valence electrons. The van der Waals surface area contributed by atoms with Gasteiger partial charge < -0.3 is 4.42 Å². The molecule has 3 aromatic carbocycles. The number of anilines is 1. The molecule has 0 amide bonds. The zero-order chi connectivity index (χ0) is 22.8. The number of hydrogen-bond donors (Lipinski definition) is 1. The maximum absolute atomic E-state index is 12.8. The van der Waals surface area contributed by atoms with Gasteiger partial charge in [-0.1, -0.05) is 54.1 Å². The third-order valence-electron chi connectivity index (χ3n) is 5.43. The van der Waals surface area contributed by atoms with Crippen LogP contribution in [0.5, 0.6) is 0 Å². The van der Waals surface area contributed by atoms with E-state index >= 15 is 0 Å². The van der Waals surface area contributed by atoms with Crippen molar-refractivity contribution >= 4 is 22.9 Å². The second-order valence-electron chi connectivity index (χ2n) is 7.89. The Labute approximate surface area is 190 Å². The Morgan fingerprint density at radius 2 is 1.76 bits per heavy atom. The summed E-state index contributed by atoms with van der Waals surface area (Å²) in [5, 5.41) is 9.97. The van der Waals surface area contributed by atoms with E-state index in [2.05, 4.69) is 23.5 Å². The first-order valence-corrected chi connectivity index (χ1v) is 10.6. The molecule has 0 aliphatic rings. The molecule has 0 aliphatic carbocycles. The van der Waals surface area contributed by atoms with Gasteiger partial charge in [-0.15, -0.1) is 0 Å². The van der Waals surface area contributed by atoms with Gasteiger partial charge in [-0.2, -0.15) is 10.2 Å². The molecule has 33 heavy (non-hydrogen) atoms. The van der Waals surface area contributed by atoms with Crippen LogP contribution in [-0.2, 0) is 0 Å². The fourth-order valence-electron chi connectivity index (χ4n) is 3.74. The third kappa shape index (κ3) is 4.19. The van der Waals surface area contributed by atoms with Crippen LogP contribution >= 0.6 is 0 Å². The van der Waals surface area contributed by atoms with Gasteiger partial charge in [0.2, 0.25) is 0 Å². The highest BCUT2D eigenvalue weighted by Gasteiger charge is 2.16. The Morgan fingerprint density at radius 1 is 0.970 bits per heavy atom. The van der Waals surface area contributed by atoms with Gasteiger partial charge in [-0.05, 0) is 49.7 Å². The van der Waals surface area contributed by atoms with E-state index in [0.717, 1.165) is 22.3 Å². The summed E-state index contributed by atoms with van der Waals surface area (Å²) in [5.41, 5.74) is 8.86. The zero-order valence-electron chi connectivity index (χ0n) is 18.3. The minimum Gasteiger partial charge on any atom is -0.422 e. The molecule has 2 aromatic heterocycles. The van der Waals surface area contributed by atoms with Crippen LogP contribution in [0, 0.1) is 13.8 Å². The van der Waals surface area contributed by atoms with E-state index in [1.54, 1.807) is 17.0 Å². The van der Waals surface area contributed by atoms with Crippen molar-refractivity contribution in [3.05, 3.63) is 112 Å². The fraction of sp³-hybridized carbons (Fsp3) is 0.0741. The van der Waals surface area contributed by atoms with Gasteiger partial charge in [0.05, 0.1) is 23.2 Å². The van der Waals surface area contributed by atoms with E-state index in [1.807, 2.05) is 79.9 Å². The van der Waals surface area contributed by atoms with Crippen molar-refractivity contribution in [2.24, 2.45) is 5.10 Å². The lowest BCUT2D eigenvalue weighted by atomic mass is 10.1. The first-order chi connectivity index (χ1) is 16.1. The van der Waals surface area contributed by atoms with Crippen molar-refractivity contribution in [2.75, 3.05) is 5.43 Å². The van der Waals surface area contributed by atoms with Crippen molar-refractivity contribution in [3.63, 3.8) is 0 Å². The molecule has 1 N–H and O–H groups in total. The van der Waals surface area contributed by atoms with Crippen LogP contribution in [-0.4, -0.2) is 16.0 Å². The number of fused-ring (bicyclic) bond motifs is 1. The van der Waals surface area contributed by atoms with Crippen LogP contribution in [0.2, 0.25) is 0 Å². The number of rotatable bonds is 5. The van der Waals surface area contributed by atoms with Gasteiger partial charge in [0.1, 0.15) is 11.3 Å². The predicted molar refractivity (Wildman–Crippen MR) is 132 cm³/mol. The minimum atomic E-state index is -0.441. The molecule has 5 rings (SSSR count). The molecule has 0 saturated heterocycles. The summed E-state index contributed by atoms with van der Waals surface area (Å²) in [4.78, 5) is 12.8. The smallest absolute Gasteiger partial charge is 0.345 e. The SMILES string of the molecule is Cc1ccc(N/N=C/c2cn(-c3ccccc3)nc2-c2cc3ccccc3oc2=O)c(C)c1. The first-order valence-electron chi connectivity index (χ1n) is 10.6. The topological polar surface area (TPSA) is 72.4 Å². The summed E-state index contributed by atoms with van der Waals surface area (Å²) in [7, 11) is 0. The van der Waals surface area contributed by atoms with Crippen molar-refractivity contribution in [1.82, 2.24) is 9.78 Å². The summed E-state index contributed by atoms with van der Waals surface area (Å²) in [6.45, 7) is 4.09. The van der Waals surface area contributed by atoms with E-state index in [1.165, 1.54) is 5.56 Å². The van der Waals surface area contributed by atoms with Crippen molar-refractivity contribution in [3.8, 4) is 16.9 Å². The Hall–Kier alpha value is -4.45. The number of benzene rings is 3. The molecule has 0 atom stereocenters. The second-order valence-corrected chi connectivity index (χ2v) is 7.89. The normalized spacial score (nSPS) is 11.3. The molecule has 0 fully saturated rings. The summed E-state index contributed by atoms with van der Waals surface area (Å²) in [6, 6.07) is 25.1. The maximum atomic E-state index is 12.8. The lowest BCUT2D eigenvalue weighted by molar-refractivity contribution is 0.563. The van der Waals surface area contributed by atoms with Crippen LogP contribution in [0.3, 0.4) is 0 Å². The van der Waals surface area contributed by atoms with Crippen molar-refractivity contribution in [2.45, 2.75) is 13.8 Å². The summed E-state index contributed by atoms with van der Waals surface area (Å²) in [5.74, 6) is 0. The number of para-hydroxylation sites is 2. The molecule has 6 heteroatoms. The zero-order valence-corrected chi connectivity index (χ0v) is 18.3. The Kier molecular flexibility index (Phi) is 5.32. The number of nitrogens with one attached hydrogen (secondary N) is 1. The first kappa shape index (κ1) is 20.5. The fourth-order valence-corrected chi connectivity index (χ4v) is 3.74.